The van der Waals surface area contributed by atoms with Gasteiger partial charge in [-0.3, -0.25) is 0 Å². The summed E-state index contributed by atoms with van der Waals surface area (Å²) in [7, 11) is 3.28. The molecule has 2 rings (SSSR count). The Morgan fingerprint density at radius 1 is 1.50 bits per heavy atom. The van der Waals surface area contributed by atoms with Gasteiger partial charge < -0.3 is 20.5 Å². The number of hydrogen-bond acceptors (Lipinski definition) is 6. The van der Waals surface area contributed by atoms with Crippen LogP contribution in [-0.4, -0.2) is 48.4 Å². The Morgan fingerprint density at radius 3 is 2.94 bits per heavy atom. The molecular formula is C11H21N5O2. The van der Waals surface area contributed by atoms with Crippen molar-refractivity contribution >= 4 is 5.95 Å². The first kappa shape index (κ1) is 13.3. The number of hydrogen-bond donors (Lipinski definition) is 2. The molecule has 0 radical (unpaired) electrons. The molecule has 1 atom stereocenters. The van der Waals surface area contributed by atoms with Crippen LogP contribution in [0.3, 0.4) is 0 Å². The maximum absolute atomic E-state index is 5.50. The fraction of sp³-hybridized carbons (Fsp3) is 0.818. The lowest BCUT2D eigenvalue weighted by Crippen LogP contribution is -2.34. The number of nitrogens with two attached hydrogens (primary N) is 1. The van der Waals surface area contributed by atoms with Crippen molar-refractivity contribution in [2.24, 2.45) is 5.73 Å². The first-order valence-corrected chi connectivity index (χ1v) is 6.25. The maximum atomic E-state index is 5.50. The largest absolute Gasteiger partial charge is 0.354 e. The van der Waals surface area contributed by atoms with Gasteiger partial charge in [-0.1, -0.05) is 0 Å². The maximum Gasteiger partial charge on any atom is 0.221 e. The van der Waals surface area contributed by atoms with Crippen LogP contribution in [0.15, 0.2) is 0 Å². The lowest BCUT2D eigenvalue weighted by molar-refractivity contribution is -0.135. The Balaban J connectivity index is 2.17. The molecule has 0 saturated carbocycles. The highest BCUT2D eigenvalue weighted by atomic mass is 16.7. The van der Waals surface area contributed by atoms with Gasteiger partial charge in [-0.2, -0.15) is 10.1 Å². The Bertz CT molecular complexity index is 378. The Hall–Kier alpha value is -1.18. The molecule has 7 heteroatoms. The fourth-order valence-corrected chi connectivity index (χ4v) is 2.20. The summed E-state index contributed by atoms with van der Waals surface area (Å²) in [5, 5.41) is 7.75. The van der Waals surface area contributed by atoms with Crippen molar-refractivity contribution in [3.8, 4) is 0 Å². The number of aromatic nitrogens is 3. The molecule has 0 fully saturated rings. The summed E-state index contributed by atoms with van der Waals surface area (Å²) < 4.78 is 12.5. The van der Waals surface area contributed by atoms with Crippen molar-refractivity contribution in [1.82, 2.24) is 14.8 Å². The highest BCUT2D eigenvalue weighted by molar-refractivity contribution is 5.28. The van der Waals surface area contributed by atoms with E-state index in [9.17, 15) is 0 Å². The van der Waals surface area contributed by atoms with Gasteiger partial charge >= 0.3 is 0 Å². The van der Waals surface area contributed by atoms with Crippen molar-refractivity contribution in [3.63, 3.8) is 0 Å². The van der Waals surface area contributed by atoms with Crippen LogP contribution in [-0.2, 0) is 15.9 Å². The third kappa shape index (κ3) is 2.63. The summed E-state index contributed by atoms with van der Waals surface area (Å²) in [6, 6.07) is 0.0652. The zero-order chi connectivity index (χ0) is 13.0. The Labute approximate surface area is 107 Å². The van der Waals surface area contributed by atoms with E-state index < -0.39 is 0 Å². The molecule has 7 nitrogen and oxygen atoms in total. The molecule has 0 aliphatic carbocycles. The highest BCUT2D eigenvalue weighted by Crippen LogP contribution is 2.26. The molecule has 0 bridgehead atoms. The quantitative estimate of drug-likeness (QED) is 0.703. The van der Waals surface area contributed by atoms with Crippen LogP contribution >= 0.6 is 0 Å². The number of aryl methyl sites for hydroxylation is 1. The summed E-state index contributed by atoms with van der Waals surface area (Å²) in [5.74, 6) is 1.61. The van der Waals surface area contributed by atoms with Gasteiger partial charge in [0.15, 0.2) is 12.1 Å². The van der Waals surface area contributed by atoms with Crippen LogP contribution < -0.4 is 11.1 Å². The molecule has 1 aromatic rings. The molecule has 0 aromatic carbocycles. The summed E-state index contributed by atoms with van der Waals surface area (Å²) in [5.41, 5.74) is 5.50. The molecule has 1 aliphatic rings. The molecule has 102 valence electrons. The minimum absolute atomic E-state index is 0.0652. The van der Waals surface area contributed by atoms with Gasteiger partial charge in [0.25, 0.3) is 0 Å². The number of nitrogens with zero attached hydrogens (tertiary/aromatic N) is 3. The van der Waals surface area contributed by atoms with E-state index in [2.05, 4.69) is 15.4 Å². The first-order valence-electron chi connectivity index (χ1n) is 6.25. The van der Waals surface area contributed by atoms with E-state index >= 15 is 0 Å². The van der Waals surface area contributed by atoms with Gasteiger partial charge in [0, 0.05) is 27.2 Å². The predicted octanol–water partition coefficient (Wildman–Crippen LogP) is 0.145. The zero-order valence-electron chi connectivity index (χ0n) is 10.9. The molecular weight excluding hydrogens is 234 g/mol. The van der Waals surface area contributed by atoms with E-state index in [0.717, 1.165) is 37.6 Å². The van der Waals surface area contributed by atoms with Crippen LogP contribution in [0.1, 0.15) is 24.7 Å². The number of rotatable bonds is 6. The van der Waals surface area contributed by atoms with Gasteiger partial charge in [0.1, 0.15) is 6.04 Å². The molecule has 2 heterocycles. The summed E-state index contributed by atoms with van der Waals surface area (Å²) >= 11 is 0. The van der Waals surface area contributed by atoms with E-state index in [0.29, 0.717) is 6.54 Å². The van der Waals surface area contributed by atoms with Crippen molar-refractivity contribution in [2.45, 2.75) is 31.6 Å². The average Bonchev–Trinajstić information content (AvgIpc) is 2.81. The molecule has 3 N–H and O–H groups in total. The monoisotopic (exact) mass is 255 g/mol. The molecule has 1 aliphatic heterocycles. The fourth-order valence-electron chi connectivity index (χ4n) is 2.20. The lowest BCUT2D eigenvalue weighted by Gasteiger charge is -2.29. The van der Waals surface area contributed by atoms with E-state index in [1.807, 2.05) is 4.68 Å². The third-order valence-electron chi connectivity index (χ3n) is 3.10. The Morgan fingerprint density at radius 2 is 2.28 bits per heavy atom. The van der Waals surface area contributed by atoms with E-state index in [1.54, 1.807) is 14.2 Å². The van der Waals surface area contributed by atoms with Crippen LogP contribution in [0, 0.1) is 0 Å². The standard InChI is InChI=1S/C11H21N5O2/c1-17-10(18-2)8-5-7-13-11-14-9(4-3-6-12)15-16(8)11/h8,10H,3-7,12H2,1-2H3,(H,13,14,15). The van der Waals surface area contributed by atoms with Crippen LogP contribution in [0.25, 0.3) is 0 Å². The van der Waals surface area contributed by atoms with E-state index in [4.69, 9.17) is 15.2 Å². The second-order valence-electron chi connectivity index (χ2n) is 4.31. The van der Waals surface area contributed by atoms with Crippen molar-refractivity contribution < 1.29 is 9.47 Å². The van der Waals surface area contributed by atoms with Gasteiger partial charge in [-0.25, -0.2) is 4.68 Å². The van der Waals surface area contributed by atoms with Crippen molar-refractivity contribution in [3.05, 3.63) is 5.82 Å². The second-order valence-corrected chi connectivity index (χ2v) is 4.31. The van der Waals surface area contributed by atoms with Crippen molar-refractivity contribution in [1.29, 1.82) is 0 Å². The third-order valence-corrected chi connectivity index (χ3v) is 3.10. The molecule has 0 saturated heterocycles. The minimum Gasteiger partial charge on any atom is -0.354 e. The topological polar surface area (TPSA) is 87.2 Å². The van der Waals surface area contributed by atoms with Crippen LogP contribution in [0.4, 0.5) is 5.95 Å². The second kappa shape index (κ2) is 6.12. The highest BCUT2D eigenvalue weighted by Gasteiger charge is 2.30. The lowest BCUT2D eigenvalue weighted by atomic mass is 10.2. The molecule has 1 aromatic heterocycles. The first-order chi connectivity index (χ1) is 8.80. The summed E-state index contributed by atoms with van der Waals surface area (Å²) in [4.78, 5) is 4.46. The number of ether oxygens (including phenoxy) is 2. The number of methoxy groups -OCH3 is 2. The SMILES string of the molecule is COC(OC)C1CCNc2nc(CCCN)nn21. The van der Waals surface area contributed by atoms with Crippen LogP contribution in [0.2, 0.25) is 0 Å². The van der Waals surface area contributed by atoms with Crippen molar-refractivity contribution in [2.75, 3.05) is 32.6 Å². The van der Waals surface area contributed by atoms with Gasteiger partial charge in [0.2, 0.25) is 5.95 Å². The van der Waals surface area contributed by atoms with Gasteiger partial charge in [-0.05, 0) is 19.4 Å². The van der Waals surface area contributed by atoms with Gasteiger partial charge in [0.05, 0.1) is 0 Å². The van der Waals surface area contributed by atoms with Crippen LogP contribution in [0.5, 0.6) is 0 Å². The average molecular weight is 255 g/mol. The minimum atomic E-state index is -0.296. The van der Waals surface area contributed by atoms with E-state index in [1.165, 1.54) is 0 Å². The summed E-state index contributed by atoms with van der Waals surface area (Å²) in [6.07, 6.45) is 2.30. The van der Waals surface area contributed by atoms with E-state index in [-0.39, 0.29) is 12.3 Å². The van der Waals surface area contributed by atoms with Gasteiger partial charge in [-0.15, -0.1) is 0 Å². The molecule has 18 heavy (non-hydrogen) atoms. The smallest absolute Gasteiger partial charge is 0.221 e. The zero-order valence-corrected chi connectivity index (χ0v) is 10.9. The normalized spacial score (nSPS) is 18.8. The number of anilines is 1. The number of fused-ring (bicyclic) bond motifs is 1. The Kier molecular flexibility index (Phi) is 4.51. The summed E-state index contributed by atoms with van der Waals surface area (Å²) in [6.45, 7) is 1.50. The molecule has 1 unspecified atom stereocenters. The molecule has 0 spiro atoms. The molecule has 0 amide bonds. The predicted molar refractivity (Wildman–Crippen MR) is 67.3 cm³/mol. The number of nitrogens with one attached hydrogen (secondary N) is 1.